The van der Waals surface area contributed by atoms with Crippen LogP contribution in [0.1, 0.15) is 29.6 Å². The van der Waals surface area contributed by atoms with Crippen molar-refractivity contribution in [3.63, 3.8) is 0 Å². The normalized spacial score (nSPS) is 18.2. The Kier molecular flexibility index (Phi) is 5.03. The number of rotatable bonds is 4. The second-order valence-corrected chi connectivity index (χ2v) is 6.98. The number of amides is 1. The zero-order chi connectivity index (χ0) is 18.8. The molecule has 1 aromatic carbocycles. The summed E-state index contributed by atoms with van der Waals surface area (Å²) in [5, 5.41) is 0. The van der Waals surface area contributed by atoms with Crippen molar-refractivity contribution in [3.05, 3.63) is 53.7 Å². The third-order valence-electron chi connectivity index (χ3n) is 4.98. The van der Waals surface area contributed by atoms with Crippen molar-refractivity contribution in [1.29, 1.82) is 0 Å². The molecule has 0 spiro atoms. The molecular weight excluding hydrogens is 352 g/mol. The van der Waals surface area contributed by atoms with Crippen LogP contribution in [0, 0.1) is 11.6 Å². The minimum absolute atomic E-state index is 0.0421. The van der Waals surface area contributed by atoms with Gasteiger partial charge in [0.25, 0.3) is 5.91 Å². The molecule has 0 radical (unpaired) electrons. The molecule has 2 aliphatic rings. The third kappa shape index (κ3) is 4.24. The maximum Gasteiger partial charge on any atom is 0.255 e. The Bertz CT molecular complexity index is 824. The van der Waals surface area contributed by atoms with Gasteiger partial charge in [0.05, 0.1) is 5.56 Å². The number of carbonyl (C=O) groups is 1. The van der Waals surface area contributed by atoms with Gasteiger partial charge in [-0.2, -0.15) is 0 Å². The first-order chi connectivity index (χ1) is 13.1. The molecule has 5 nitrogen and oxygen atoms in total. The predicted octanol–water partition coefficient (Wildman–Crippen LogP) is 3.46. The zero-order valence-electron chi connectivity index (χ0n) is 14.9. The van der Waals surface area contributed by atoms with Gasteiger partial charge in [-0.15, -0.1) is 0 Å². The summed E-state index contributed by atoms with van der Waals surface area (Å²) in [6.07, 6.45) is 4.99. The zero-order valence-corrected chi connectivity index (χ0v) is 14.9. The summed E-state index contributed by atoms with van der Waals surface area (Å²) in [4.78, 5) is 21.2. The fraction of sp³-hybridized carbons (Fsp3) is 0.400. The fourth-order valence-corrected chi connectivity index (χ4v) is 3.36. The Hall–Kier alpha value is -2.54. The van der Waals surface area contributed by atoms with Crippen LogP contribution in [0.25, 0.3) is 0 Å². The molecule has 1 saturated heterocycles. The first kappa shape index (κ1) is 17.9. The topological polar surface area (TPSA) is 45.7 Å². The monoisotopic (exact) mass is 373 g/mol. The van der Waals surface area contributed by atoms with Crippen LogP contribution in [-0.4, -0.2) is 52.9 Å². The Morgan fingerprint density at radius 2 is 1.89 bits per heavy atom. The first-order valence-electron chi connectivity index (χ1n) is 9.22. The van der Waals surface area contributed by atoms with E-state index in [2.05, 4.69) is 9.88 Å². The molecule has 4 rings (SSSR count). The van der Waals surface area contributed by atoms with E-state index in [1.807, 2.05) is 4.90 Å². The van der Waals surface area contributed by atoms with Crippen molar-refractivity contribution >= 4 is 5.91 Å². The molecule has 0 atom stereocenters. The Balaban J connectivity index is 1.39. The standard InChI is InChI=1S/C20H21F2N3O2/c21-17-6-5-16(12-18(17)22)27-19-7-2-14(13-23-19)20(26)25-9-1-8-24(10-11-25)15-3-4-15/h2,5-7,12-13,15H,1,3-4,8-11H2. The molecule has 1 aromatic heterocycles. The van der Waals surface area contributed by atoms with Gasteiger partial charge in [-0.05, 0) is 37.5 Å². The second-order valence-electron chi connectivity index (χ2n) is 6.98. The van der Waals surface area contributed by atoms with Gasteiger partial charge in [-0.3, -0.25) is 9.69 Å². The molecule has 0 unspecified atom stereocenters. The third-order valence-corrected chi connectivity index (χ3v) is 4.98. The Labute approximate surface area is 156 Å². The summed E-state index contributed by atoms with van der Waals surface area (Å²) in [5.74, 6) is -1.60. The Morgan fingerprint density at radius 1 is 1.04 bits per heavy atom. The smallest absolute Gasteiger partial charge is 0.255 e. The summed E-state index contributed by atoms with van der Waals surface area (Å²) < 4.78 is 31.6. The highest BCUT2D eigenvalue weighted by molar-refractivity contribution is 5.94. The van der Waals surface area contributed by atoms with Crippen LogP contribution in [0.2, 0.25) is 0 Å². The summed E-state index contributed by atoms with van der Waals surface area (Å²) >= 11 is 0. The van der Waals surface area contributed by atoms with Crippen molar-refractivity contribution in [3.8, 4) is 11.6 Å². The lowest BCUT2D eigenvalue weighted by atomic mass is 10.2. The van der Waals surface area contributed by atoms with Crippen LogP contribution in [0.15, 0.2) is 36.5 Å². The van der Waals surface area contributed by atoms with E-state index < -0.39 is 11.6 Å². The maximum absolute atomic E-state index is 13.2. The lowest BCUT2D eigenvalue weighted by Crippen LogP contribution is -2.35. The molecule has 142 valence electrons. The molecule has 0 N–H and O–H groups in total. The molecular formula is C20H21F2N3O2. The van der Waals surface area contributed by atoms with E-state index in [1.54, 1.807) is 12.1 Å². The number of halogens is 2. The summed E-state index contributed by atoms with van der Waals surface area (Å²) in [6, 6.07) is 7.19. The lowest BCUT2D eigenvalue weighted by Gasteiger charge is -2.21. The van der Waals surface area contributed by atoms with Crippen molar-refractivity contribution in [2.24, 2.45) is 0 Å². The van der Waals surface area contributed by atoms with Crippen LogP contribution in [0.4, 0.5) is 8.78 Å². The minimum Gasteiger partial charge on any atom is -0.439 e. The highest BCUT2D eigenvalue weighted by atomic mass is 19.2. The molecule has 1 aliphatic carbocycles. The maximum atomic E-state index is 13.2. The van der Waals surface area contributed by atoms with Crippen LogP contribution in [-0.2, 0) is 0 Å². The average molecular weight is 373 g/mol. The summed E-state index contributed by atoms with van der Waals surface area (Å²) in [7, 11) is 0. The second kappa shape index (κ2) is 7.60. The summed E-state index contributed by atoms with van der Waals surface area (Å²) in [5.41, 5.74) is 0.493. The molecule has 2 fully saturated rings. The number of ether oxygens (including phenoxy) is 1. The van der Waals surface area contributed by atoms with E-state index in [4.69, 9.17) is 4.74 Å². The molecule has 0 bridgehead atoms. The number of nitrogens with zero attached hydrogens (tertiary/aromatic N) is 3. The molecule has 7 heteroatoms. The van der Waals surface area contributed by atoms with E-state index in [9.17, 15) is 13.6 Å². The van der Waals surface area contributed by atoms with E-state index in [0.717, 1.165) is 50.8 Å². The fourth-order valence-electron chi connectivity index (χ4n) is 3.36. The van der Waals surface area contributed by atoms with Gasteiger partial charge in [-0.25, -0.2) is 13.8 Å². The highest BCUT2D eigenvalue weighted by Gasteiger charge is 2.31. The minimum atomic E-state index is -0.985. The summed E-state index contributed by atoms with van der Waals surface area (Å²) in [6.45, 7) is 3.44. The number of hydrogen-bond acceptors (Lipinski definition) is 4. The number of pyridine rings is 1. The predicted molar refractivity (Wildman–Crippen MR) is 95.8 cm³/mol. The van der Waals surface area contributed by atoms with Crippen LogP contribution < -0.4 is 4.74 Å². The van der Waals surface area contributed by atoms with Gasteiger partial charge in [0.1, 0.15) is 5.75 Å². The van der Waals surface area contributed by atoms with Gasteiger partial charge in [0.15, 0.2) is 11.6 Å². The van der Waals surface area contributed by atoms with Crippen LogP contribution in [0.3, 0.4) is 0 Å². The van der Waals surface area contributed by atoms with Gasteiger partial charge < -0.3 is 9.64 Å². The van der Waals surface area contributed by atoms with Crippen molar-refractivity contribution < 1.29 is 18.3 Å². The molecule has 2 aromatic rings. The number of aromatic nitrogens is 1. The van der Waals surface area contributed by atoms with E-state index >= 15 is 0 Å². The SMILES string of the molecule is O=C(c1ccc(Oc2ccc(F)c(F)c2)nc1)N1CCCN(C2CC2)CC1. The van der Waals surface area contributed by atoms with Gasteiger partial charge in [0.2, 0.25) is 5.88 Å². The van der Waals surface area contributed by atoms with E-state index in [-0.39, 0.29) is 17.5 Å². The molecule has 2 heterocycles. The number of carbonyl (C=O) groups excluding carboxylic acids is 1. The average Bonchev–Trinajstić information content (AvgIpc) is 3.51. The molecule has 1 saturated carbocycles. The largest absolute Gasteiger partial charge is 0.439 e. The number of benzene rings is 1. The quantitative estimate of drug-likeness (QED) is 0.823. The molecule has 27 heavy (non-hydrogen) atoms. The lowest BCUT2D eigenvalue weighted by molar-refractivity contribution is 0.0760. The van der Waals surface area contributed by atoms with Gasteiger partial charge in [-0.1, -0.05) is 0 Å². The number of hydrogen-bond donors (Lipinski definition) is 0. The van der Waals surface area contributed by atoms with E-state index in [0.29, 0.717) is 5.56 Å². The van der Waals surface area contributed by atoms with Crippen molar-refractivity contribution in [2.45, 2.75) is 25.3 Å². The molecule has 1 aliphatic heterocycles. The Morgan fingerprint density at radius 3 is 2.59 bits per heavy atom. The molecule has 1 amide bonds. The van der Waals surface area contributed by atoms with E-state index in [1.165, 1.54) is 25.1 Å². The van der Waals surface area contributed by atoms with Crippen LogP contribution >= 0.6 is 0 Å². The van der Waals surface area contributed by atoms with Crippen LogP contribution in [0.5, 0.6) is 11.6 Å². The first-order valence-corrected chi connectivity index (χ1v) is 9.22. The van der Waals surface area contributed by atoms with Gasteiger partial charge >= 0.3 is 0 Å². The van der Waals surface area contributed by atoms with Crippen molar-refractivity contribution in [2.75, 3.05) is 26.2 Å². The van der Waals surface area contributed by atoms with Gasteiger partial charge in [0, 0.05) is 50.6 Å². The highest BCUT2D eigenvalue weighted by Crippen LogP contribution is 2.27. The van der Waals surface area contributed by atoms with Crippen molar-refractivity contribution in [1.82, 2.24) is 14.8 Å².